The first kappa shape index (κ1) is 15.4. The zero-order chi connectivity index (χ0) is 15.1. The molecule has 2 rings (SSSR count). The highest BCUT2D eigenvalue weighted by molar-refractivity contribution is 6.55. The van der Waals surface area contributed by atoms with Crippen molar-refractivity contribution in [3.8, 4) is 0 Å². The fourth-order valence-corrected chi connectivity index (χ4v) is 3.16. The number of hydrogen-bond acceptors (Lipinski definition) is 1. The summed E-state index contributed by atoms with van der Waals surface area (Å²) in [6.45, 7) is 8.14. The molecule has 0 heterocycles. The van der Waals surface area contributed by atoms with E-state index in [-0.39, 0.29) is 27.6 Å². The van der Waals surface area contributed by atoms with E-state index in [0.717, 1.165) is 16.8 Å². The maximum Gasteiger partial charge on any atom is 0.228 e. The van der Waals surface area contributed by atoms with Crippen molar-refractivity contribution in [1.82, 2.24) is 0 Å². The molecule has 2 nitrogen and oxygen atoms in total. The summed E-state index contributed by atoms with van der Waals surface area (Å²) in [6, 6.07) is 6.02. The molecule has 1 amide bonds. The van der Waals surface area contributed by atoms with Crippen LogP contribution < -0.4 is 5.32 Å². The third kappa shape index (κ3) is 3.18. The Hall–Kier alpha value is -0.990. The molecule has 0 aliphatic heterocycles. The van der Waals surface area contributed by atoms with Gasteiger partial charge in [0.1, 0.15) is 4.49 Å². The Kier molecular flexibility index (Phi) is 4.17. The molecule has 20 heavy (non-hydrogen) atoms. The van der Waals surface area contributed by atoms with Crippen molar-refractivity contribution in [3.05, 3.63) is 39.9 Å². The van der Waals surface area contributed by atoms with E-state index in [0.29, 0.717) is 0 Å². The van der Waals surface area contributed by atoms with Gasteiger partial charge in [0.05, 0.1) is 5.92 Å². The highest BCUT2D eigenvalue weighted by atomic mass is 35.5. The van der Waals surface area contributed by atoms with E-state index in [1.54, 1.807) is 6.08 Å². The lowest BCUT2D eigenvalue weighted by molar-refractivity contribution is -0.118. The van der Waals surface area contributed by atoms with Gasteiger partial charge >= 0.3 is 0 Å². The van der Waals surface area contributed by atoms with E-state index in [4.69, 9.17) is 23.2 Å². The molecule has 1 aromatic carbocycles. The number of aryl methyl sites for hydroxylation is 2. The van der Waals surface area contributed by atoms with Crippen molar-refractivity contribution in [2.24, 2.45) is 17.3 Å². The normalized spacial score (nSPS) is 23.1. The quantitative estimate of drug-likeness (QED) is 0.850. The molecule has 0 saturated heterocycles. The van der Waals surface area contributed by atoms with Crippen LogP contribution in [0.4, 0.5) is 5.69 Å². The van der Waals surface area contributed by atoms with Crippen molar-refractivity contribution in [2.75, 3.05) is 5.32 Å². The van der Waals surface area contributed by atoms with Crippen LogP contribution in [0.1, 0.15) is 25.0 Å². The zero-order valence-electron chi connectivity index (χ0n) is 12.1. The van der Waals surface area contributed by atoms with Gasteiger partial charge < -0.3 is 5.32 Å². The van der Waals surface area contributed by atoms with Crippen LogP contribution >= 0.6 is 23.2 Å². The molecule has 0 aromatic heterocycles. The number of hydrogen-bond donors (Lipinski definition) is 1. The fourth-order valence-electron chi connectivity index (χ4n) is 2.89. The molecule has 1 aliphatic carbocycles. The van der Waals surface area contributed by atoms with Gasteiger partial charge in [-0.15, -0.1) is 0 Å². The molecule has 0 unspecified atom stereocenters. The number of allylic oxidation sites excluding steroid dienone is 1. The lowest BCUT2D eigenvalue weighted by Gasteiger charge is -2.08. The number of benzene rings is 1. The van der Waals surface area contributed by atoms with Crippen LogP contribution in [0.2, 0.25) is 0 Å². The molecule has 108 valence electrons. The number of carbonyl (C=O) groups is 1. The second kappa shape index (κ2) is 5.42. The Balaban J connectivity index is 2.12. The van der Waals surface area contributed by atoms with Crippen molar-refractivity contribution in [1.29, 1.82) is 0 Å². The molecule has 2 atom stereocenters. The fraction of sp³-hybridized carbons (Fsp3) is 0.438. The Morgan fingerprint density at radius 3 is 2.25 bits per heavy atom. The van der Waals surface area contributed by atoms with Crippen LogP contribution in [0.15, 0.2) is 28.8 Å². The summed E-state index contributed by atoms with van der Waals surface area (Å²) in [7, 11) is 0. The van der Waals surface area contributed by atoms with Crippen LogP contribution in [0.5, 0.6) is 0 Å². The second-order valence-corrected chi connectivity index (χ2v) is 7.15. The SMILES string of the molecule is Cc1cc(C)cc(NC(=O)[C@H]2[C@@H](C=C(Cl)Cl)C2(C)C)c1. The van der Waals surface area contributed by atoms with E-state index in [1.165, 1.54) is 0 Å². The van der Waals surface area contributed by atoms with Gasteiger partial charge in [0.25, 0.3) is 0 Å². The van der Waals surface area contributed by atoms with Crippen LogP contribution in [0, 0.1) is 31.1 Å². The van der Waals surface area contributed by atoms with Crippen LogP contribution in [-0.4, -0.2) is 5.91 Å². The topological polar surface area (TPSA) is 29.1 Å². The first-order valence-corrected chi connectivity index (χ1v) is 7.39. The minimum absolute atomic E-state index is 0.0239. The maximum atomic E-state index is 12.4. The third-order valence-electron chi connectivity index (χ3n) is 3.99. The Morgan fingerprint density at radius 2 is 1.75 bits per heavy atom. The first-order chi connectivity index (χ1) is 9.21. The number of amides is 1. The lowest BCUT2D eigenvalue weighted by atomic mass is 10.1. The molecule has 0 spiro atoms. The van der Waals surface area contributed by atoms with Gasteiger partial charge in [0, 0.05) is 5.69 Å². The van der Waals surface area contributed by atoms with Gasteiger partial charge in [-0.1, -0.05) is 43.1 Å². The summed E-state index contributed by atoms with van der Waals surface area (Å²) in [5, 5.41) is 2.99. The van der Waals surface area contributed by atoms with Gasteiger partial charge in [-0.3, -0.25) is 4.79 Å². The average molecular weight is 312 g/mol. The monoisotopic (exact) mass is 311 g/mol. The van der Waals surface area contributed by atoms with Gasteiger partial charge in [0.2, 0.25) is 5.91 Å². The molecule has 1 N–H and O–H groups in total. The van der Waals surface area contributed by atoms with E-state index in [2.05, 4.69) is 25.2 Å². The molecule has 1 aliphatic rings. The van der Waals surface area contributed by atoms with Gasteiger partial charge in [-0.2, -0.15) is 0 Å². The number of anilines is 1. The Bertz CT molecular complexity index is 554. The molecule has 0 radical (unpaired) electrons. The highest BCUT2D eigenvalue weighted by Gasteiger charge is 2.60. The van der Waals surface area contributed by atoms with E-state index in [1.807, 2.05) is 26.0 Å². The lowest BCUT2D eigenvalue weighted by Crippen LogP contribution is -2.17. The van der Waals surface area contributed by atoms with Gasteiger partial charge in [-0.05, 0) is 54.5 Å². The van der Waals surface area contributed by atoms with Gasteiger partial charge in [-0.25, -0.2) is 0 Å². The molecular weight excluding hydrogens is 293 g/mol. The summed E-state index contributed by atoms with van der Waals surface area (Å²) in [4.78, 5) is 12.4. The average Bonchev–Trinajstić information content (AvgIpc) is 2.77. The zero-order valence-corrected chi connectivity index (χ0v) is 13.6. The number of halogens is 2. The molecule has 0 bridgehead atoms. The Morgan fingerprint density at radius 1 is 1.20 bits per heavy atom. The smallest absolute Gasteiger partial charge is 0.228 e. The minimum atomic E-state index is -0.0992. The van der Waals surface area contributed by atoms with E-state index >= 15 is 0 Å². The predicted molar refractivity (Wildman–Crippen MR) is 85.1 cm³/mol. The largest absolute Gasteiger partial charge is 0.326 e. The summed E-state index contributed by atoms with van der Waals surface area (Å²) in [5.41, 5.74) is 3.01. The van der Waals surface area contributed by atoms with E-state index in [9.17, 15) is 4.79 Å². The number of rotatable bonds is 3. The first-order valence-electron chi connectivity index (χ1n) is 6.64. The summed E-state index contributed by atoms with van der Waals surface area (Å²) in [6.07, 6.45) is 1.76. The second-order valence-electron chi connectivity index (χ2n) is 6.15. The summed E-state index contributed by atoms with van der Waals surface area (Å²) >= 11 is 11.4. The van der Waals surface area contributed by atoms with Crippen LogP contribution in [0.25, 0.3) is 0 Å². The van der Waals surface area contributed by atoms with E-state index < -0.39 is 0 Å². The van der Waals surface area contributed by atoms with Crippen molar-refractivity contribution in [2.45, 2.75) is 27.7 Å². The predicted octanol–water partition coefficient (Wildman–Crippen LogP) is 4.83. The third-order valence-corrected chi connectivity index (χ3v) is 4.24. The standard InChI is InChI=1S/C16H19Cl2NO/c1-9-5-10(2)7-11(6-9)19-15(20)14-12(8-13(17)18)16(14,3)4/h5-8,12,14H,1-4H3,(H,19,20)/t12-,14-/m1/s1. The Labute approximate surface area is 130 Å². The minimum Gasteiger partial charge on any atom is -0.326 e. The summed E-state index contributed by atoms with van der Waals surface area (Å²) < 4.78 is 0.227. The van der Waals surface area contributed by atoms with Gasteiger partial charge in [0.15, 0.2) is 0 Å². The summed E-state index contributed by atoms with van der Waals surface area (Å²) in [5.74, 6) is 0.0325. The molecule has 1 fully saturated rings. The molecule has 4 heteroatoms. The van der Waals surface area contributed by atoms with Crippen molar-refractivity contribution < 1.29 is 4.79 Å². The molecule has 1 saturated carbocycles. The number of carbonyl (C=O) groups excluding carboxylic acids is 1. The van der Waals surface area contributed by atoms with Crippen LogP contribution in [0.3, 0.4) is 0 Å². The highest BCUT2D eigenvalue weighted by Crippen LogP contribution is 2.60. The van der Waals surface area contributed by atoms with Crippen molar-refractivity contribution in [3.63, 3.8) is 0 Å². The maximum absolute atomic E-state index is 12.4. The van der Waals surface area contributed by atoms with Crippen LogP contribution in [-0.2, 0) is 4.79 Å². The van der Waals surface area contributed by atoms with Crippen molar-refractivity contribution >= 4 is 34.8 Å². The molecule has 1 aromatic rings. The molecular formula is C16H19Cl2NO. The number of nitrogens with one attached hydrogen (secondary N) is 1.